The summed E-state index contributed by atoms with van der Waals surface area (Å²) in [5.41, 5.74) is 0. The second-order valence-electron chi connectivity index (χ2n) is 1.31. The Labute approximate surface area is 66.9 Å². The van der Waals surface area contributed by atoms with E-state index in [-0.39, 0.29) is 18.9 Å². The van der Waals surface area contributed by atoms with Crippen LogP contribution >= 0.6 is 0 Å². The summed E-state index contributed by atoms with van der Waals surface area (Å²) in [7, 11) is 0. The van der Waals surface area contributed by atoms with Crippen molar-refractivity contribution in [3.63, 3.8) is 0 Å². The molecule has 0 aromatic heterocycles. The fourth-order valence-corrected chi connectivity index (χ4v) is 0.578. The molecular formula is C6H5LiS. The van der Waals surface area contributed by atoms with Crippen molar-refractivity contribution in [1.82, 2.24) is 0 Å². The van der Waals surface area contributed by atoms with Crippen molar-refractivity contribution < 1.29 is 18.9 Å². The quantitative estimate of drug-likeness (QED) is 0.296. The number of hydrogen-bond acceptors (Lipinski definition) is 1. The summed E-state index contributed by atoms with van der Waals surface area (Å²) in [4.78, 5) is 0.905. The van der Waals surface area contributed by atoms with Gasteiger partial charge in [0.05, 0.1) is 0 Å². The minimum absolute atomic E-state index is 0. The Morgan fingerprint density at radius 1 is 1.00 bits per heavy atom. The maximum Gasteiger partial charge on any atom is 1.00 e. The van der Waals surface area contributed by atoms with Gasteiger partial charge in [-0.1, -0.05) is 30.3 Å². The molecule has 0 nitrogen and oxygen atoms in total. The summed E-state index contributed by atoms with van der Waals surface area (Å²) in [6, 6.07) is 9.62. The number of benzene rings is 1. The van der Waals surface area contributed by atoms with E-state index in [1.807, 2.05) is 30.3 Å². The molecule has 1 aromatic rings. The van der Waals surface area contributed by atoms with Gasteiger partial charge in [-0.05, 0) is 0 Å². The van der Waals surface area contributed by atoms with Crippen LogP contribution in [0.3, 0.4) is 0 Å². The van der Waals surface area contributed by atoms with E-state index in [9.17, 15) is 0 Å². The van der Waals surface area contributed by atoms with Crippen LogP contribution in [-0.4, -0.2) is 0 Å². The van der Waals surface area contributed by atoms with Crippen molar-refractivity contribution in [1.29, 1.82) is 0 Å². The average Bonchev–Trinajstić information content (AvgIpc) is 1.69. The molecule has 0 unspecified atom stereocenters. The molecule has 0 spiro atoms. The van der Waals surface area contributed by atoms with E-state index in [2.05, 4.69) is 0 Å². The van der Waals surface area contributed by atoms with Crippen LogP contribution in [0, 0.1) is 0 Å². The van der Waals surface area contributed by atoms with Crippen molar-refractivity contribution in [3.05, 3.63) is 30.3 Å². The molecule has 1 aromatic carbocycles. The van der Waals surface area contributed by atoms with E-state index in [0.29, 0.717) is 0 Å². The molecule has 2 heteroatoms. The van der Waals surface area contributed by atoms with Crippen LogP contribution in [0.5, 0.6) is 0 Å². The van der Waals surface area contributed by atoms with Crippen molar-refractivity contribution in [2.24, 2.45) is 0 Å². The third-order valence-corrected chi connectivity index (χ3v) is 1.02. The third-order valence-electron chi connectivity index (χ3n) is 0.743. The van der Waals surface area contributed by atoms with Crippen LogP contribution in [0.4, 0.5) is 0 Å². The van der Waals surface area contributed by atoms with Gasteiger partial charge in [-0.2, -0.15) is 4.90 Å². The Bertz CT molecular complexity index is 138. The van der Waals surface area contributed by atoms with E-state index < -0.39 is 0 Å². The number of rotatable bonds is 0. The molecule has 0 aliphatic heterocycles. The fourth-order valence-electron chi connectivity index (χ4n) is 0.420. The van der Waals surface area contributed by atoms with Gasteiger partial charge in [-0.15, -0.1) is 0 Å². The molecule has 0 amide bonds. The van der Waals surface area contributed by atoms with Gasteiger partial charge < -0.3 is 12.6 Å². The molecule has 0 N–H and O–H groups in total. The second-order valence-corrected chi connectivity index (χ2v) is 1.78. The normalized spacial score (nSPS) is 7.50. The smallest absolute Gasteiger partial charge is 0.780 e. The first-order valence-corrected chi connectivity index (χ1v) is 2.52. The van der Waals surface area contributed by atoms with Crippen molar-refractivity contribution in [3.8, 4) is 0 Å². The Kier molecular flexibility index (Phi) is 3.99. The largest absolute Gasteiger partial charge is 1.00 e. The first kappa shape index (κ1) is 8.04. The Morgan fingerprint density at radius 2 is 1.50 bits per heavy atom. The maximum absolute atomic E-state index is 4.81. The van der Waals surface area contributed by atoms with Gasteiger partial charge in [0.1, 0.15) is 0 Å². The van der Waals surface area contributed by atoms with Crippen LogP contribution in [0.15, 0.2) is 35.2 Å². The molecule has 0 bridgehead atoms. The minimum Gasteiger partial charge on any atom is -0.780 e. The van der Waals surface area contributed by atoms with Crippen LogP contribution in [0.25, 0.3) is 0 Å². The van der Waals surface area contributed by atoms with Gasteiger partial charge >= 0.3 is 18.9 Å². The zero-order valence-electron chi connectivity index (χ0n) is 4.79. The van der Waals surface area contributed by atoms with E-state index in [1.54, 1.807) is 0 Å². The molecule has 0 saturated carbocycles. The summed E-state index contributed by atoms with van der Waals surface area (Å²) in [5.74, 6) is 0. The third kappa shape index (κ3) is 2.37. The van der Waals surface area contributed by atoms with E-state index >= 15 is 0 Å². The van der Waals surface area contributed by atoms with E-state index in [0.717, 1.165) is 4.90 Å². The van der Waals surface area contributed by atoms with Gasteiger partial charge in [-0.3, -0.25) is 0 Å². The van der Waals surface area contributed by atoms with Crippen LogP contribution in [-0.2, 0) is 12.6 Å². The SMILES string of the molecule is [Li+].[S-]c1ccccc1. The van der Waals surface area contributed by atoms with Crippen molar-refractivity contribution >= 4 is 12.6 Å². The minimum atomic E-state index is 0. The van der Waals surface area contributed by atoms with Crippen molar-refractivity contribution in [2.45, 2.75) is 4.90 Å². The summed E-state index contributed by atoms with van der Waals surface area (Å²) < 4.78 is 0. The molecule has 0 saturated heterocycles. The molecule has 1 rings (SSSR count). The molecule has 8 heavy (non-hydrogen) atoms. The van der Waals surface area contributed by atoms with Crippen LogP contribution < -0.4 is 18.9 Å². The van der Waals surface area contributed by atoms with Crippen LogP contribution in [0.1, 0.15) is 0 Å². The Hall–Kier alpha value is 0.0374. The monoisotopic (exact) mass is 116 g/mol. The zero-order valence-corrected chi connectivity index (χ0v) is 5.61. The van der Waals surface area contributed by atoms with E-state index in [4.69, 9.17) is 12.6 Å². The standard InChI is InChI=1S/C6H6S.Li/c7-6-4-2-1-3-5-6;/h1-5,7H;/q;+1/p-1. The van der Waals surface area contributed by atoms with Gasteiger partial charge in [0.15, 0.2) is 0 Å². The summed E-state index contributed by atoms with van der Waals surface area (Å²) in [6.45, 7) is 0. The molecule has 0 aliphatic carbocycles. The Morgan fingerprint density at radius 3 is 1.75 bits per heavy atom. The molecule has 36 valence electrons. The predicted octanol–water partition coefficient (Wildman–Crippen LogP) is -1.40. The summed E-state index contributed by atoms with van der Waals surface area (Å²) >= 11 is 4.81. The topological polar surface area (TPSA) is 0 Å². The van der Waals surface area contributed by atoms with Gasteiger partial charge in [-0.25, -0.2) is 0 Å². The van der Waals surface area contributed by atoms with E-state index in [1.165, 1.54) is 0 Å². The van der Waals surface area contributed by atoms with Gasteiger partial charge in [0.25, 0.3) is 0 Å². The summed E-state index contributed by atoms with van der Waals surface area (Å²) in [5, 5.41) is 0. The Balaban J connectivity index is 0.000000490. The zero-order chi connectivity index (χ0) is 5.11. The molecule has 0 radical (unpaired) electrons. The first-order valence-electron chi connectivity index (χ1n) is 2.11. The predicted molar refractivity (Wildman–Crippen MR) is 32.1 cm³/mol. The second kappa shape index (κ2) is 3.97. The molecule has 0 aliphatic rings. The molecule has 0 atom stereocenters. The van der Waals surface area contributed by atoms with Crippen molar-refractivity contribution in [2.75, 3.05) is 0 Å². The first-order chi connectivity index (χ1) is 3.39. The number of hydrogen-bond donors (Lipinski definition) is 0. The molecular weight excluding hydrogens is 111 g/mol. The molecule has 0 heterocycles. The molecule has 0 fully saturated rings. The van der Waals surface area contributed by atoms with Gasteiger partial charge in [0.2, 0.25) is 0 Å². The van der Waals surface area contributed by atoms with Gasteiger partial charge in [0, 0.05) is 0 Å². The van der Waals surface area contributed by atoms with Crippen LogP contribution in [0.2, 0.25) is 0 Å². The maximum atomic E-state index is 4.81. The summed E-state index contributed by atoms with van der Waals surface area (Å²) in [6.07, 6.45) is 0. The average molecular weight is 116 g/mol. The fraction of sp³-hybridized carbons (Fsp3) is 0.